The number of ether oxygens (including phenoxy) is 2. The molecule has 1 amide bonds. The van der Waals surface area contributed by atoms with E-state index in [1.54, 1.807) is 24.3 Å². The Bertz CT molecular complexity index is 1030. The van der Waals surface area contributed by atoms with E-state index < -0.39 is 5.82 Å². The first kappa shape index (κ1) is 20.6. The monoisotopic (exact) mass is 422 g/mol. The van der Waals surface area contributed by atoms with Crippen molar-refractivity contribution in [3.8, 4) is 17.4 Å². The van der Waals surface area contributed by atoms with Gasteiger partial charge in [0.2, 0.25) is 5.88 Å². The summed E-state index contributed by atoms with van der Waals surface area (Å²) < 4.78 is 25.0. The van der Waals surface area contributed by atoms with E-state index in [-0.39, 0.29) is 30.2 Å². The number of carbonyl (C=O) groups excluding carboxylic acids is 1. The van der Waals surface area contributed by atoms with Crippen molar-refractivity contribution < 1.29 is 18.7 Å². The van der Waals surface area contributed by atoms with E-state index in [1.807, 2.05) is 42.2 Å². The molecule has 31 heavy (non-hydrogen) atoms. The second-order valence-electron chi connectivity index (χ2n) is 7.23. The highest BCUT2D eigenvalue weighted by Gasteiger charge is 2.28. The Hall–Kier alpha value is -3.68. The number of nitrogens with zero attached hydrogens (tertiary/aromatic N) is 4. The molecule has 2 heterocycles. The Morgan fingerprint density at radius 1 is 1.10 bits per heavy atom. The van der Waals surface area contributed by atoms with Crippen molar-refractivity contribution in [2.75, 3.05) is 31.1 Å². The van der Waals surface area contributed by atoms with E-state index in [0.29, 0.717) is 31.2 Å². The van der Waals surface area contributed by atoms with Crippen LogP contribution in [0.2, 0.25) is 0 Å². The molecule has 0 spiro atoms. The predicted octanol–water partition coefficient (Wildman–Crippen LogP) is 3.52. The molecule has 0 bridgehead atoms. The van der Waals surface area contributed by atoms with Crippen LogP contribution in [-0.2, 0) is 4.79 Å². The lowest BCUT2D eigenvalue weighted by molar-refractivity contribution is -0.135. The molecule has 2 aromatic carbocycles. The Morgan fingerprint density at radius 2 is 1.87 bits per heavy atom. The first-order valence-corrected chi connectivity index (χ1v) is 10.1. The molecule has 3 aromatic rings. The molecule has 0 saturated carbocycles. The summed E-state index contributed by atoms with van der Waals surface area (Å²) in [5.74, 6) is 1.20. The minimum Gasteiger partial charge on any atom is -0.484 e. The molecule has 0 aliphatic carbocycles. The lowest BCUT2D eigenvalue weighted by atomic mass is 10.2. The summed E-state index contributed by atoms with van der Waals surface area (Å²) >= 11 is 0. The fourth-order valence-corrected chi connectivity index (χ4v) is 3.48. The molecule has 4 rings (SSSR count). The number of carbonyl (C=O) groups is 1. The maximum absolute atomic E-state index is 13.8. The third-order valence-electron chi connectivity index (χ3n) is 5.06. The topological polar surface area (TPSA) is 67.8 Å². The van der Waals surface area contributed by atoms with Crippen LogP contribution in [0.1, 0.15) is 6.92 Å². The third-order valence-corrected chi connectivity index (χ3v) is 5.06. The fourth-order valence-electron chi connectivity index (χ4n) is 3.48. The normalized spacial score (nSPS) is 16.1. The molecule has 1 saturated heterocycles. The highest BCUT2D eigenvalue weighted by atomic mass is 19.1. The van der Waals surface area contributed by atoms with E-state index in [2.05, 4.69) is 14.9 Å². The maximum atomic E-state index is 13.8. The van der Waals surface area contributed by atoms with E-state index >= 15 is 0 Å². The van der Waals surface area contributed by atoms with Gasteiger partial charge in [0.1, 0.15) is 17.9 Å². The smallest absolute Gasteiger partial charge is 0.260 e. The molecule has 8 heteroatoms. The van der Waals surface area contributed by atoms with Gasteiger partial charge in [0.15, 0.2) is 18.2 Å². The summed E-state index contributed by atoms with van der Waals surface area (Å²) in [5, 5.41) is 0. The number of para-hydroxylation sites is 2. The van der Waals surface area contributed by atoms with Gasteiger partial charge in [-0.3, -0.25) is 4.79 Å². The number of piperazine rings is 1. The van der Waals surface area contributed by atoms with Crippen molar-refractivity contribution in [3.63, 3.8) is 0 Å². The van der Waals surface area contributed by atoms with Crippen molar-refractivity contribution in [1.29, 1.82) is 0 Å². The molecular formula is C23H23FN4O3. The molecule has 160 valence electrons. The van der Waals surface area contributed by atoms with E-state index in [9.17, 15) is 9.18 Å². The van der Waals surface area contributed by atoms with Gasteiger partial charge in [0.25, 0.3) is 5.91 Å². The molecule has 7 nitrogen and oxygen atoms in total. The number of hydrogen-bond acceptors (Lipinski definition) is 6. The number of hydrogen-bond donors (Lipinski definition) is 0. The van der Waals surface area contributed by atoms with Gasteiger partial charge < -0.3 is 19.3 Å². The first-order valence-electron chi connectivity index (χ1n) is 10.1. The van der Waals surface area contributed by atoms with E-state index in [1.165, 1.54) is 12.4 Å². The number of aromatic nitrogens is 2. The molecule has 0 unspecified atom stereocenters. The highest BCUT2D eigenvalue weighted by Crippen LogP contribution is 2.25. The second-order valence-corrected chi connectivity index (χ2v) is 7.23. The maximum Gasteiger partial charge on any atom is 0.260 e. The van der Waals surface area contributed by atoms with Crippen molar-refractivity contribution in [3.05, 3.63) is 72.8 Å². The van der Waals surface area contributed by atoms with Gasteiger partial charge >= 0.3 is 0 Å². The lowest BCUT2D eigenvalue weighted by Gasteiger charge is -2.40. The highest BCUT2D eigenvalue weighted by molar-refractivity contribution is 5.78. The van der Waals surface area contributed by atoms with Gasteiger partial charge in [-0.1, -0.05) is 30.3 Å². The minimum absolute atomic E-state index is 0.00247. The van der Waals surface area contributed by atoms with Crippen LogP contribution in [0.4, 0.5) is 10.2 Å². The fraction of sp³-hybridized carbons (Fsp3) is 0.261. The number of halogens is 1. The van der Waals surface area contributed by atoms with Gasteiger partial charge in [-0.2, -0.15) is 0 Å². The summed E-state index contributed by atoms with van der Waals surface area (Å²) in [6, 6.07) is 17.1. The first-order chi connectivity index (χ1) is 15.1. The number of amides is 1. The van der Waals surface area contributed by atoms with Gasteiger partial charge in [0.05, 0.1) is 0 Å². The Balaban J connectivity index is 1.36. The van der Waals surface area contributed by atoms with Crippen LogP contribution in [0.5, 0.6) is 17.4 Å². The Labute approximate surface area is 180 Å². The summed E-state index contributed by atoms with van der Waals surface area (Å²) in [6.45, 7) is 3.75. The Morgan fingerprint density at radius 3 is 2.65 bits per heavy atom. The molecule has 1 fully saturated rings. The minimum atomic E-state index is -0.457. The number of benzene rings is 2. The molecule has 0 radical (unpaired) electrons. The van der Waals surface area contributed by atoms with E-state index in [0.717, 1.165) is 0 Å². The molecule has 0 N–H and O–H groups in total. The van der Waals surface area contributed by atoms with Gasteiger partial charge in [-0.25, -0.2) is 14.4 Å². The molecule has 1 aromatic heterocycles. The zero-order valence-corrected chi connectivity index (χ0v) is 17.1. The summed E-state index contributed by atoms with van der Waals surface area (Å²) in [6.07, 6.45) is 1.39. The van der Waals surface area contributed by atoms with Gasteiger partial charge in [-0.15, -0.1) is 0 Å². The van der Waals surface area contributed by atoms with Gasteiger partial charge in [-0.05, 0) is 31.2 Å². The van der Waals surface area contributed by atoms with Crippen LogP contribution in [0.15, 0.2) is 67.0 Å². The Kier molecular flexibility index (Phi) is 6.26. The van der Waals surface area contributed by atoms with Crippen molar-refractivity contribution in [2.24, 2.45) is 0 Å². The molecule has 1 aliphatic heterocycles. The third kappa shape index (κ3) is 5.09. The van der Waals surface area contributed by atoms with Crippen molar-refractivity contribution in [2.45, 2.75) is 13.0 Å². The molecule has 1 aliphatic rings. The number of rotatable bonds is 6. The van der Waals surface area contributed by atoms with Crippen LogP contribution >= 0.6 is 0 Å². The average molecular weight is 422 g/mol. The van der Waals surface area contributed by atoms with Crippen molar-refractivity contribution in [1.82, 2.24) is 14.9 Å². The second kappa shape index (κ2) is 9.42. The summed E-state index contributed by atoms with van der Waals surface area (Å²) in [5.41, 5.74) is 0. The largest absolute Gasteiger partial charge is 0.484 e. The zero-order valence-electron chi connectivity index (χ0n) is 17.1. The van der Waals surface area contributed by atoms with Gasteiger partial charge in [0, 0.05) is 31.7 Å². The lowest BCUT2D eigenvalue weighted by Crippen LogP contribution is -2.55. The van der Waals surface area contributed by atoms with Crippen LogP contribution in [0, 0.1) is 5.82 Å². The predicted molar refractivity (Wildman–Crippen MR) is 114 cm³/mol. The zero-order chi connectivity index (χ0) is 21.6. The van der Waals surface area contributed by atoms with Crippen LogP contribution in [0.25, 0.3) is 0 Å². The van der Waals surface area contributed by atoms with E-state index in [4.69, 9.17) is 9.47 Å². The van der Waals surface area contributed by atoms with Crippen LogP contribution in [-0.4, -0.2) is 53.1 Å². The van der Waals surface area contributed by atoms with Crippen LogP contribution < -0.4 is 14.4 Å². The summed E-state index contributed by atoms with van der Waals surface area (Å²) in [4.78, 5) is 24.9. The molecular weight excluding hydrogens is 399 g/mol. The quantitative estimate of drug-likeness (QED) is 0.606. The number of anilines is 1. The van der Waals surface area contributed by atoms with Crippen LogP contribution in [0.3, 0.4) is 0 Å². The SMILES string of the molecule is C[C@@H]1CN(c2cc(Oc3ccccc3F)ncn2)CCN1C(=O)COc1ccccc1. The standard InChI is InChI=1S/C23H23FN4O3/c1-17-14-27(11-12-28(17)23(29)15-30-18-7-3-2-4-8-18)21-13-22(26-16-25-21)31-20-10-6-5-9-19(20)24/h2-10,13,16-17H,11-12,14-15H2,1H3/t17-/m1/s1. The van der Waals surface area contributed by atoms with Crippen molar-refractivity contribution >= 4 is 11.7 Å². The molecule has 1 atom stereocenters. The summed E-state index contributed by atoms with van der Waals surface area (Å²) in [7, 11) is 0. The average Bonchev–Trinajstić information content (AvgIpc) is 2.80.